The van der Waals surface area contributed by atoms with Crippen molar-refractivity contribution in [3.05, 3.63) is 92.5 Å². The van der Waals surface area contributed by atoms with E-state index in [1.807, 2.05) is 0 Å². The Morgan fingerprint density at radius 2 is 1.78 bits per heavy atom. The monoisotopic (exact) mass is 521 g/mol. The van der Waals surface area contributed by atoms with E-state index in [9.17, 15) is 36.3 Å². The first kappa shape index (κ1) is 23.7. The fourth-order valence-corrected chi connectivity index (χ4v) is 4.61. The molecule has 0 spiro atoms. The van der Waals surface area contributed by atoms with Gasteiger partial charge in [0.05, 0.1) is 28.4 Å². The molecule has 1 atom stereocenters. The average molecular weight is 522 g/mol. The van der Waals surface area contributed by atoms with E-state index in [0.29, 0.717) is 12.1 Å². The van der Waals surface area contributed by atoms with Crippen molar-refractivity contribution >= 4 is 40.7 Å². The summed E-state index contributed by atoms with van der Waals surface area (Å²) in [6, 6.07) is 5.02. The van der Waals surface area contributed by atoms with Crippen LogP contribution in [0.3, 0.4) is 0 Å². The summed E-state index contributed by atoms with van der Waals surface area (Å²) < 4.78 is 67.3. The number of anilines is 2. The van der Waals surface area contributed by atoms with Gasteiger partial charge >= 0.3 is 6.18 Å². The van der Waals surface area contributed by atoms with Gasteiger partial charge in [0.15, 0.2) is 0 Å². The molecule has 5 rings (SSSR count). The summed E-state index contributed by atoms with van der Waals surface area (Å²) in [5.74, 6) is -4.15. The summed E-state index contributed by atoms with van der Waals surface area (Å²) >= 11 is 6.24. The van der Waals surface area contributed by atoms with Gasteiger partial charge in [-0.3, -0.25) is 14.4 Å². The van der Waals surface area contributed by atoms with Gasteiger partial charge in [0.25, 0.3) is 17.7 Å². The van der Waals surface area contributed by atoms with Crippen molar-refractivity contribution in [2.24, 2.45) is 0 Å². The maximum atomic E-state index is 14.0. The molecule has 0 saturated carbocycles. The van der Waals surface area contributed by atoms with E-state index < -0.39 is 52.7 Å². The molecule has 2 heterocycles. The number of hydrogen-bond donors (Lipinski definition) is 2. The lowest BCUT2D eigenvalue weighted by atomic mass is 9.89. The van der Waals surface area contributed by atoms with Crippen LogP contribution in [0.5, 0.6) is 0 Å². The average Bonchev–Trinajstić information content (AvgIpc) is 3.15. The summed E-state index contributed by atoms with van der Waals surface area (Å²) in [4.78, 5) is 39.4. The number of carbonyl (C=O) groups is 3. The minimum Gasteiger partial charge on any atom is -0.341 e. The second-order valence-electron chi connectivity index (χ2n) is 8.23. The highest BCUT2D eigenvalue weighted by Crippen LogP contribution is 2.48. The molecule has 0 aromatic heterocycles. The predicted molar refractivity (Wildman–Crippen MR) is 119 cm³/mol. The molecule has 6 nitrogen and oxygen atoms in total. The molecule has 3 amide bonds. The highest BCUT2D eigenvalue weighted by Gasteiger charge is 2.44. The number of halogens is 6. The van der Waals surface area contributed by atoms with Crippen LogP contribution < -0.4 is 15.5 Å². The molecule has 2 aliphatic rings. The summed E-state index contributed by atoms with van der Waals surface area (Å²) in [5.41, 5.74) is -1.45. The maximum absolute atomic E-state index is 14.0. The van der Waals surface area contributed by atoms with Crippen LogP contribution in [0.25, 0.3) is 0 Å². The van der Waals surface area contributed by atoms with Gasteiger partial charge in [-0.25, -0.2) is 8.78 Å². The number of nitrogens with one attached hydrogen (secondary N) is 2. The van der Waals surface area contributed by atoms with Gasteiger partial charge < -0.3 is 15.5 Å². The van der Waals surface area contributed by atoms with E-state index >= 15 is 0 Å². The first-order chi connectivity index (χ1) is 16.9. The first-order valence-corrected chi connectivity index (χ1v) is 10.7. The lowest BCUT2D eigenvalue weighted by Gasteiger charge is -2.33. The number of hydrogen-bond acceptors (Lipinski definition) is 3. The summed E-state index contributed by atoms with van der Waals surface area (Å²) in [5, 5.41) is 5.12. The fraction of sp³-hybridized carbons (Fsp3) is 0.125. The summed E-state index contributed by atoms with van der Waals surface area (Å²) in [6.45, 7) is 0. The van der Waals surface area contributed by atoms with Crippen molar-refractivity contribution in [1.82, 2.24) is 5.32 Å². The van der Waals surface area contributed by atoms with Gasteiger partial charge in [0.2, 0.25) is 0 Å². The minimum absolute atomic E-state index is 0.0189. The molecule has 36 heavy (non-hydrogen) atoms. The van der Waals surface area contributed by atoms with Crippen LogP contribution in [0.1, 0.15) is 53.8 Å². The second-order valence-corrected chi connectivity index (χ2v) is 8.63. The van der Waals surface area contributed by atoms with Crippen molar-refractivity contribution in [2.45, 2.75) is 12.2 Å². The van der Waals surface area contributed by atoms with Crippen LogP contribution in [0, 0.1) is 11.6 Å². The number of fused-ring (bicyclic) bond motifs is 3. The van der Waals surface area contributed by atoms with Gasteiger partial charge in [-0.2, -0.15) is 13.2 Å². The SMILES string of the molecule is CN1C(=O)c2cc(NC(=O)c3cc(F)cc(C(F)(F)F)c3)c3c(c21)C(=O)NC3c1cc(F)ccc1Cl. The number of nitrogens with zero attached hydrogens (tertiary/aromatic N) is 1. The van der Waals surface area contributed by atoms with Crippen molar-refractivity contribution < 1.29 is 36.3 Å². The number of carbonyl (C=O) groups excluding carboxylic acids is 3. The third-order valence-electron chi connectivity index (χ3n) is 6.01. The molecule has 3 aromatic carbocycles. The summed E-state index contributed by atoms with van der Waals surface area (Å²) in [7, 11) is 1.43. The Labute approximate surface area is 204 Å². The van der Waals surface area contributed by atoms with Gasteiger partial charge in [-0.05, 0) is 42.5 Å². The molecule has 184 valence electrons. The molecule has 0 aliphatic carbocycles. The summed E-state index contributed by atoms with van der Waals surface area (Å²) in [6.07, 6.45) is -4.90. The van der Waals surface area contributed by atoms with E-state index in [-0.39, 0.29) is 44.7 Å². The Morgan fingerprint density at radius 1 is 1.06 bits per heavy atom. The highest BCUT2D eigenvalue weighted by atomic mass is 35.5. The molecule has 0 fully saturated rings. The van der Waals surface area contributed by atoms with Crippen molar-refractivity contribution in [3.8, 4) is 0 Å². The van der Waals surface area contributed by atoms with E-state index in [0.717, 1.165) is 12.1 Å². The second kappa shape index (κ2) is 8.02. The zero-order valence-corrected chi connectivity index (χ0v) is 18.8. The standard InChI is InChI=1S/C24H13ClF5N3O3/c1-33-20-14(23(33)36)8-16(31-21(34)9-4-10(24(28,29)30)6-12(27)5-9)17-18(20)22(35)32-19(17)13-7-11(26)2-3-15(13)25/h2-8,19H,1H3,(H,31,34)(H,32,35). The minimum atomic E-state index is -4.90. The normalized spacial score (nSPS) is 16.3. The Hall–Kier alpha value is -3.99. The largest absolute Gasteiger partial charge is 0.416 e. The third kappa shape index (κ3) is 3.67. The highest BCUT2D eigenvalue weighted by molar-refractivity contribution is 6.31. The van der Waals surface area contributed by atoms with Crippen molar-refractivity contribution in [1.29, 1.82) is 0 Å². The quantitative estimate of drug-likeness (QED) is 0.458. The predicted octanol–water partition coefficient (Wildman–Crippen LogP) is 5.31. The number of alkyl halides is 3. The van der Waals surface area contributed by atoms with Crippen LogP contribution in [0.15, 0.2) is 42.5 Å². The first-order valence-electron chi connectivity index (χ1n) is 10.3. The molecule has 3 aromatic rings. The van der Waals surface area contributed by atoms with Crippen LogP contribution >= 0.6 is 11.6 Å². The van der Waals surface area contributed by atoms with Gasteiger partial charge in [0.1, 0.15) is 11.6 Å². The molecule has 2 N–H and O–H groups in total. The Kier molecular flexibility index (Phi) is 5.29. The Balaban J connectivity index is 1.65. The Morgan fingerprint density at radius 3 is 2.47 bits per heavy atom. The molecule has 0 bridgehead atoms. The van der Waals surface area contributed by atoms with E-state index in [2.05, 4.69) is 10.6 Å². The van der Waals surface area contributed by atoms with Crippen LogP contribution in [0.2, 0.25) is 5.02 Å². The van der Waals surface area contributed by atoms with Gasteiger partial charge in [0, 0.05) is 34.4 Å². The van der Waals surface area contributed by atoms with Gasteiger partial charge in [-0.1, -0.05) is 11.6 Å². The molecule has 0 saturated heterocycles. The van der Waals surface area contributed by atoms with E-state index in [1.54, 1.807) is 0 Å². The number of benzene rings is 3. The van der Waals surface area contributed by atoms with Gasteiger partial charge in [-0.15, -0.1) is 0 Å². The topological polar surface area (TPSA) is 78.5 Å². The number of rotatable bonds is 3. The molecular weight excluding hydrogens is 509 g/mol. The zero-order chi connectivity index (χ0) is 26.1. The maximum Gasteiger partial charge on any atom is 0.416 e. The van der Waals surface area contributed by atoms with Crippen LogP contribution in [-0.4, -0.2) is 24.8 Å². The van der Waals surface area contributed by atoms with E-state index in [4.69, 9.17) is 11.6 Å². The lowest BCUT2D eigenvalue weighted by molar-refractivity contribution is -0.137. The molecular formula is C24H13ClF5N3O3. The zero-order valence-electron chi connectivity index (χ0n) is 18.1. The number of amides is 3. The molecule has 1 unspecified atom stereocenters. The third-order valence-corrected chi connectivity index (χ3v) is 6.35. The molecule has 12 heteroatoms. The van der Waals surface area contributed by atoms with Crippen LogP contribution in [-0.2, 0) is 6.18 Å². The van der Waals surface area contributed by atoms with Crippen molar-refractivity contribution in [3.63, 3.8) is 0 Å². The van der Waals surface area contributed by atoms with Crippen molar-refractivity contribution in [2.75, 3.05) is 17.3 Å². The Bertz CT molecular complexity index is 1510. The fourth-order valence-electron chi connectivity index (χ4n) is 4.38. The van der Waals surface area contributed by atoms with Crippen LogP contribution in [0.4, 0.5) is 33.3 Å². The van der Waals surface area contributed by atoms with E-state index in [1.165, 1.54) is 24.1 Å². The molecule has 0 radical (unpaired) electrons. The lowest BCUT2D eigenvalue weighted by Crippen LogP contribution is -2.39. The smallest absolute Gasteiger partial charge is 0.341 e. The molecule has 2 aliphatic heterocycles.